The zero-order valence-electron chi connectivity index (χ0n) is 9.10. The number of hydrogen-bond donors (Lipinski definition) is 3. The first-order valence-electron chi connectivity index (χ1n) is 5.05. The Labute approximate surface area is 94.0 Å². The van der Waals surface area contributed by atoms with Crippen LogP contribution in [0.3, 0.4) is 0 Å². The van der Waals surface area contributed by atoms with E-state index >= 15 is 0 Å². The van der Waals surface area contributed by atoms with Crippen LogP contribution in [0, 0.1) is 0 Å². The highest BCUT2D eigenvalue weighted by molar-refractivity contribution is 7.09. The molecule has 0 aliphatic carbocycles. The number of aliphatic hydroxyl groups is 2. The van der Waals surface area contributed by atoms with Crippen LogP contribution in [-0.2, 0) is 0 Å². The van der Waals surface area contributed by atoms with E-state index in [1.165, 1.54) is 0 Å². The first-order chi connectivity index (χ1) is 7.17. The van der Waals surface area contributed by atoms with Crippen molar-refractivity contribution in [2.75, 3.05) is 13.2 Å². The monoisotopic (exact) mass is 230 g/mol. The quantitative estimate of drug-likeness (QED) is 0.680. The van der Waals surface area contributed by atoms with E-state index in [0.717, 1.165) is 4.88 Å². The number of nitrogens with one attached hydrogen (secondary N) is 1. The van der Waals surface area contributed by atoms with Gasteiger partial charge >= 0.3 is 0 Å². The molecule has 0 spiro atoms. The molecule has 1 aromatic rings. The Bertz CT molecular complexity index is 265. The van der Waals surface area contributed by atoms with E-state index in [9.17, 15) is 10.2 Å². The van der Waals surface area contributed by atoms with E-state index in [-0.39, 0.29) is 19.3 Å². The van der Waals surface area contributed by atoms with Crippen molar-refractivity contribution in [3.63, 3.8) is 0 Å². The second-order valence-electron chi connectivity index (χ2n) is 3.72. The lowest BCUT2D eigenvalue weighted by Gasteiger charge is -2.32. The van der Waals surface area contributed by atoms with Crippen LogP contribution in [-0.4, -0.2) is 33.9 Å². The molecule has 1 heterocycles. The molecule has 0 aliphatic heterocycles. The predicted molar refractivity (Wildman–Crippen MR) is 60.9 cm³/mol. The molecule has 86 valence electrons. The zero-order valence-corrected chi connectivity index (χ0v) is 9.92. The van der Waals surface area contributed by atoms with E-state index in [1.807, 2.05) is 13.8 Å². The van der Waals surface area contributed by atoms with Gasteiger partial charge in [0.25, 0.3) is 0 Å². The molecule has 0 radical (unpaired) electrons. The molecule has 0 aliphatic rings. The maximum Gasteiger partial charge on any atom is 0.0794 e. The Morgan fingerprint density at radius 3 is 2.60 bits per heavy atom. The third-order valence-corrected chi connectivity index (χ3v) is 3.64. The fraction of sp³-hybridized carbons (Fsp3) is 0.700. The smallest absolute Gasteiger partial charge is 0.0794 e. The highest BCUT2D eigenvalue weighted by Crippen LogP contribution is 2.21. The molecular formula is C10H18N2O2S. The van der Waals surface area contributed by atoms with Crippen LogP contribution in [0.2, 0.25) is 0 Å². The van der Waals surface area contributed by atoms with Crippen LogP contribution in [0.1, 0.15) is 31.2 Å². The molecule has 4 nitrogen and oxygen atoms in total. The third kappa shape index (κ3) is 2.98. The second kappa shape index (κ2) is 5.55. The van der Waals surface area contributed by atoms with E-state index < -0.39 is 5.54 Å². The van der Waals surface area contributed by atoms with Gasteiger partial charge in [-0.25, -0.2) is 0 Å². The fourth-order valence-corrected chi connectivity index (χ4v) is 2.07. The van der Waals surface area contributed by atoms with Gasteiger partial charge in [0.15, 0.2) is 0 Å². The SMILES string of the molecule is CCC(CO)(CO)NC(C)c1cncs1. The van der Waals surface area contributed by atoms with Crippen molar-refractivity contribution in [3.8, 4) is 0 Å². The normalized spacial score (nSPS) is 14.1. The molecule has 0 saturated heterocycles. The molecule has 1 rings (SSSR count). The minimum atomic E-state index is -0.594. The Hall–Kier alpha value is -0.490. The van der Waals surface area contributed by atoms with Crippen molar-refractivity contribution in [3.05, 3.63) is 16.6 Å². The molecule has 0 aromatic carbocycles. The van der Waals surface area contributed by atoms with Crippen molar-refractivity contribution in [1.29, 1.82) is 0 Å². The summed E-state index contributed by atoms with van der Waals surface area (Å²) < 4.78 is 0. The second-order valence-corrected chi connectivity index (χ2v) is 4.64. The zero-order chi connectivity index (χ0) is 11.3. The molecule has 15 heavy (non-hydrogen) atoms. The summed E-state index contributed by atoms with van der Waals surface area (Å²) >= 11 is 1.57. The van der Waals surface area contributed by atoms with Gasteiger partial charge in [-0.2, -0.15) is 0 Å². The number of aromatic nitrogens is 1. The largest absolute Gasteiger partial charge is 0.394 e. The summed E-state index contributed by atoms with van der Waals surface area (Å²) in [5, 5.41) is 21.8. The Kier molecular flexibility index (Phi) is 4.66. The summed E-state index contributed by atoms with van der Waals surface area (Å²) in [6, 6.07) is 0.0942. The number of aliphatic hydroxyl groups excluding tert-OH is 2. The number of thiazole rings is 1. The van der Waals surface area contributed by atoms with Crippen molar-refractivity contribution in [2.24, 2.45) is 0 Å². The molecule has 0 bridgehead atoms. The van der Waals surface area contributed by atoms with Crippen LogP contribution >= 0.6 is 11.3 Å². The highest BCUT2D eigenvalue weighted by atomic mass is 32.1. The Balaban J connectivity index is 2.66. The number of rotatable bonds is 6. The van der Waals surface area contributed by atoms with Gasteiger partial charge in [-0.3, -0.25) is 10.3 Å². The molecule has 3 N–H and O–H groups in total. The van der Waals surface area contributed by atoms with Crippen LogP contribution in [0.15, 0.2) is 11.7 Å². The topological polar surface area (TPSA) is 65.4 Å². The Morgan fingerprint density at radius 1 is 1.53 bits per heavy atom. The third-order valence-electron chi connectivity index (χ3n) is 2.68. The lowest BCUT2D eigenvalue weighted by atomic mass is 9.97. The maximum absolute atomic E-state index is 9.29. The summed E-state index contributed by atoms with van der Waals surface area (Å²) in [7, 11) is 0. The predicted octanol–water partition coefficient (Wildman–Crippen LogP) is 0.927. The van der Waals surface area contributed by atoms with Gasteiger partial charge in [0, 0.05) is 17.1 Å². The molecule has 0 amide bonds. The molecular weight excluding hydrogens is 212 g/mol. The molecule has 5 heteroatoms. The molecule has 1 unspecified atom stereocenters. The van der Waals surface area contributed by atoms with Gasteiger partial charge in [0.1, 0.15) is 0 Å². The van der Waals surface area contributed by atoms with Gasteiger partial charge < -0.3 is 10.2 Å². The number of nitrogens with zero attached hydrogens (tertiary/aromatic N) is 1. The van der Waals surface area contributed by atoms with Crippen LogP contribution in [0.5, 0.6) is 0 Å². The van der Waals surface area contributed by atoms with E-state index in [1.54, 1.807) is 23.0 Å². The van der Waals surface area contributed by atoms with Crippen LogP contribution < -0.4 is 5.32 Å². The van der Waals surface area contributed by atoms with Gasteiger partial charge in [-0.15, -0.1) is 11.3 Å². The Morgan fingerprint density at radius 2 is 2.20 bits per heavy atom. The fourth-order valence-electron chi connectivity index (χ4n) is 1.44. The van der Waals surface area contributed by atoms with Gasteiger partial charge in [-0.1, -0.05) is 6.92 Å². The first-order valence-corrected chi connectivity index (χ1v) is 5.93. The standard InChI is InChI=1S/C10H18N2O2S/c1-3-10(5-13,6-14)12-8(2)9-4-11-7-15-9/h4,7-8,12-14H,3,5-6H2,1-2H3. The minimum absolute atomic E-state index is 0.0663. The highest BCUT2D eigenvalue weighted by Gasteiger charge is 2.28. The summed E-state index contributed by atoms with van der Waals surface area (Å²) in [5.74, 6) is 0. The van der Waals surface area contributed by atoms with E-state index in [0.29, 0.717) is 6.42 Å². The van der Waals surface area contributed by atoms with Gasteiger partial charge in [0.2, 0.25) is 0 Å². The average molecular weight is 230 g/mol. The van der Waals surface area contributed by atoms with Gasteiger partial charge in [-0.05, 0) is 13.3 Å². The average Bonchev–Trinajstić information content (AvgIpc) is 2.79. The van der Waals surface area contributed by atoms with Crippen LogP contribution in [0.25, 0.3) is 0 Å². The molecule has 1 atom stereocenters. The summed E-state index contributed by atoms with van der Waals surface area (Å²) in [5.41, 5.74) is 1.18. The van der Waals surface area contributed by atoms with E-state index in [4.69, 9.17) is 0 Å². The first kappa shape index (κ1) is 12.6. The van der Waals surface area contributed by atoms with Crippen molar-refractivity contribution >= 4 is 11.3 Å². The van der Waals surface area contributed by atoms with Crippen molar-refractivity contribution in [2.45, 2.75) is 31.8 Å². The van der Waals surface area contributed by atoms with Crippen molar-refractivity contribution < 1.29 is 10.2 Å². The lowest BCUT2D eigenvalue weighted by Crippen LogP contribution is -2.51. The minimum Gasteiger partial charge on any atom is -0.394 e. The van der Waals surface area contributed by atoms with Gasteiger partial charge in [0.05, 0.1) is 24.3 Å². The molecule has 0 fully saturated rings. The molecule has 0 saturated carbocycles. The summed E-state index contributed by atoms with van der Waals surface area (Å²) in [6.07, 6.45) is 2.49. The van der Waals surface area contributed by atoms with Crippen LogP contribution in [0.4, 0.5) is 0 Å². The lowest BCUT2D eigenvalue weighted by molar-refractivity contribution is 0.0796. The number of hydrogen-bond acceptors (Lipinski definition) is 5. The van der Waals surface area contributed by atoms with Crippen molar-refractivity contribution in [1.82, 2.24) is 10.3 Å². The maximum atomic E-state index is 9.29. The summed E-state index contributed by atoms with van der Waals surface area (Å²) in [4.78, 5) is 5.11. The molecule has 1 aromatic heterocycles. The summed E-state index contributed by atoms with van der Waals surface area (Å²) in [6.45, 7) is 3.81. The van der Waals surface area contributed by atoms with E-state index in [2.05, 4.69) is 10.3 Å².